The van der Waals surface area contributed by atoms with Gasteiger partial charge in [0.2, 0.25) is 0 Å². The van der Waals surface area contributed by atoms with Gasteiger partial charge >= 0.3 is 0 Å². The Kier molecular flexibility index (Phi) is 4.95. The van der Waals surface area contributed by atoms with Crippen molar-refractivity contribution in [2.75, 3.05) is 6.26 Å². The molecule has 0 saturated carbocycles. The van der Waals surface area contributed by atoms with E-state index >= 15 is 0 Å². The molecule has 0 radical (unpaired) electrons. The molecule has 124 valence electrons. The number of nitrogens with one attached hydrogen (secondary N) is 1. The molecule has 0 spiro atoms. The normalized spacial score (nSPS) is 11.2. The van der Waals surface area contributed by atoms with Crippen LogP contribution in [0.3, 0.4) is 0 Å². The van der Waals surface area contributed by atoms with Crippen molar-refractivity contribution in [2.24, 2.45) is 0 Å². The van der Waals surface area contributed by atoms with Crippen molar-refractivity contribution >= 4 is 28.6 Å². The van der Waals surface area contributed by atoms with E-state index in [-0.39, 0.29) is 11.9 Å². The molecule has 1 amide bonds. The Labute approximate surface area is 147 Å². The summed E-state index contributed by atoms with van der Waals surface area (Å²) in [5.41, 5.74) is 2.94. The van der Waals surface area contributed by atoms with Crippen LogP contribution in [0.4, 0.5) is 0 Å². The zero-order chi connectivity index (χ0) is 17.1. The van der Waals surface area contributed by atoms with Crippen molar-refractivity contribution < 1.29 is 4.79 Å². The smallest absolute Gasteiger partial charge is 0.254 e. The van der Waals surface area contributed by atoms with Crippen LogP contribution in [-0.2, 0) is 6.54 Å². The second-order valence-electron chi connectivity index (χ2n) is 6.16. The maximum atomic E-state index is 13.0. The van der Waals surface area contributed by atoms with Gasteiger partial charge in [0.1, 0.15) is 0 Å². The van der Waals surface area contributed by atoms with E-state index in [4.69, 9.17) is 0 Å². The number of aromatic nitrogens is 1. The molecule has 0 fully saturated rings. The lowest BCUT2D eigenvalue weighted by atomic mass is 10.1. The third-order valence-corrected chi connectivity index (χ3v) is 4.90. The molecule has 0 bridgehead atoms. The van der Waals surface area contributed by atoms with Gasteiger partial charge in [-0.05, 0) is 62.1 Å². The van der Waals surface area contributed by atoms with Crippen molar-refractivity contribution in [3.8, 4) is 0 Å². The number of amides is 1. The topological polar surface area (TPSA) is 36.1 Å². The summed E-state index contributed by atoms with van der Waals surface area (Å²) in [6.07, 6.45) is 3.96. The predicted molar refractivity (Wildman–Crippen MR) is 102 cm³/mol. The van der Waals surface area contributed by atoms with Crippen LogP contribution in [0.5, 0.6) is 0 Å². The largest absolute Gasteiger partial charge is 0.361 e. The molecule has 0 saturated heterocycles. The number of fused-ring (bicyclic) bond motifs is 1. The molecule has 0 unspecified atom stereocenters. The van der Waals surface area contributed by atoms with Crippen LogP contribution < -0.4 is 0 Å². The Morgan fingerprint density at radius 2 is 2.00 bits per heavy atom. The number of hydrogen-bond donors (Lipinski definition) is 1. The molecule has 1 heterocycles. The van der Waals surface area contributed by atoms with Gasteiger partial charge in [-0.3, -0.25) is 4.79 Å². The summed E-state index contributed by atoms with van der Waals surface area (Å²) in [4.78, 5) is 19.3. The first kappa shape index (κ1) is 16.7. The first-order valence-electron chi connectivity index (χ1n) is 8.09. The van der Waals surface area contributed by atoms with Crippen LogP contribution in [-0.4, -0.2) is 28.1 Å². The number of nitrogens with zero attached hydrogens (tertiary/aromatic N) is 1. The van der Waals surface area contributed by atoms with Crippen LogP contribution >= 0.6 is 11.8 Å². The van der Waals surface area contributed by atoms with E-state index < -0.39 is 0 Å². The van der Waals surface area contributed by atoms with E-state index in [1.54, 1.807) is 11.8 Å². The van der Waals surface area contributed by atoms with Crippen molar-refractivity contribution in [1.82, 2.24) is 9.88 Å². The Hall–Kier alpha value is -2.20. The number of carbonyl (C=O) groups excluding carboxylic acids is 1. The van der Waals surface area contributed by atoms with Gasteiger partial charge in [0.15, 0.2) is 0 Å². The average Bonchev–Trinajstić information content (AvgIpc) is 3.06. The van der Waals surface area contributed by atoms with E-state index in [0.29, 0.717) is 6.54 Å². The maximum Gasteiger partial charge on any atom is 0.254 e. The van der Waals surface area contributed by atoms with Crippen LogP contribution in [0.15, 0.2) is 59.6 Å². The second-order valence-corrected chi connectivity index (χ2v) is 7.04. The zero-order valence-electron chi connectivity index (χ0n) is 14.2. The van der Waals surface area contributed by atoms with Crippen molar-refractivity contribution in [3.05, 3.63) is 65.9 Å². The van der Waals surface area contributed by atoms with Crippen LogP contribution in [0.25, 0.3) is 10.9 Å². The summed E-state index contributed by atoms with van der Waals surface area (Å²) in [6, 6.07) is 16.3. The van der Waals surface area contributed by atoms with Gasteiger partial charge in [-0.2, -0.15) is 0 Å². The zero-order valence-corrected chi connectivity index (χ0v) is 15.1. The lowest BCUT2D eigenvalue weighted by Crippen LogP contribution is -2.36. The predicted octanol–water partition coefficient (Wildman–Crippen LogP) is 4.94. The highest BCUT2D eigenvalue weighted by Crippen LogP contribution is 2.21. The van der Waals surface area contributed by atoms with Gasteiger partial charge in [0.05, 0.1) is 0 Å². The van der Waals surface area contributed by atoms with E-state index in [1.165, 1.54) is 4.90 Å². The summed E-state index contributed by atoms with van der Waals surface area (Å²) < 4.78 is 0. The SMILES string of the molecule is CSc1cccc(CN(C(=O)c2ccc3[nH]ccc3c2)C(C)C)c1. The van der Waals surface area contributed by atoms with Gasteiger partial charge in [-0.25, -0.2) is 0 Å². The van der Waals surface area contributed by atoms with E-state index in [9.17, 15) is 4.79 Å². The van der Waals surface area contributed by atoms with Gasteiger partial charge in [0.25, 0.3) is 5.91 Å². The fourth-order valence-electron chi connectivity index (χ4n) is 2.81. The molecule has 0 atom stereocenters. The van der Waals surface area contributed by atoms with Crippen LogP contribution in [0.1, 0.15) is 29.8 Å². The summed E-state index contributed by atoms with van der Waals surface area (Å²) in [6.45, 7) is 4.74. The molecule has 1 aromatic heterocycles. The third-order valence-electron chi connectivity index (χ3n) is 4.17. The van der Waals surface area contributed by atoms with Crippen molar-refractivity contribution in [2.45, 2.75) is 31.3 Å². The minimum absolute atomic E-state index is 0.0719. The number of aromatic amines is 1. The summed E-state index contributed by atoms with van der Waals surface area (Å²) in [5, 5.41) is 1.06. The van der Waals surface area contributed by atoms with Crippen molar-refractivity contribution in [3.63, 3.8) is 0 Å². The first-order chi connectivity index (χ1) is 11.6. The monoisotopic (exact) mass is 338 g/mol. The molecule has 4 heteroatoms. The Bertz CT molecular complexity index is 853. The minimum atomic E-state index is 0.0719. The quantitative estimate of drug-likeness (QED) is 0.669. The van der Waals surface area contributed by atoms with E-state index in [0.717, 1.165) is 22.0 Å². The Morgan fingerprint density at radius 1 is 1.17 bits per heavy atom. The van der Waals surface area contributed by atoms with E-state index in [1.807, 2.05) is 35.4 Å². The highest BCUT2D eigenvalue weighted by Gasteiger charge is 2.19. The van der Waals surface area contributed by atoms with Crippen LogP contribution in [0, 0.1) is 0 Å². The summed E-state index contributed by atoms with van der Waals surface area (Å²) >= 11 is 1.72. The van der Waals surface area contributed by atoms with Gasteiger partial charge in [0, 0.05) is 40.1 Å². The summed E-state index contributed by atoms with van der Waals surface area (Å²) in [5.74, 6) is 0.0719. The van der Waals surface area contributed by atoms with Crippen molar-refractivity contribution in [1.29, 1.82) is 0 Å². The third kappa shape index (κ3) is 3.49. The maximum absolute atomic E-state index is 13.0. The van der Waals surface area contributed by atoms with Gasteiger partial charge in [-0.15, -0.1) is 11.8 Å². The molecule has 3 aromatic rings. The Balaban J connectivity index is 1.87. The highest BCUT2D eigenvalue weighted by atomic mass is 32.2. The lowest BCUT2D eigenvalue weighted by Gasteiger charge is -2.27. The van der Waals surface area contributed by atoms with Crippen LogP contribution in [0.2, 0.25) is 0 Å². The minimum Gasteiger partial charge on any atom is -0.361 e. The number of carbonyl (C=O) groups is 1. The number of hydrogen-bond acceptors (Lipinski definition) is 2. The highest BCUT2D eigenvalue weighted by molar-refractivity contribution is 7.98. The van der Waals surface area contributed by atoms with Gasteiger partial charge in [-0.1, -0.05) is 12.1 Å². The molecule has 3 nitrogen and oxygen atoms in total. The molecule has 1 N–H and O–H groups in total. The molecule has 3 rings (SSSR count). The average molecular weight is 338 g/mol. The molecular formula is C20H22N2OS. The number of benzene rings is 2. The number of thioether (sulfide) groups is 1. The fourth-order valence-corrected chi connectivity index (χ4v) is 3.29. The first-order valence-corrected chi connectivity index (χ1v) is 9.32. The second kappa shape index (κ2) is 7.14. The number of rotatable bonds is 5. The van der Waals surface area contributed by atoms with Gasteiger partial charge < -0.3 is 9.88 Å². The Morgan fingerprint density at radius 3 is 2.75 bits per heavy atom. The lowest BCUT2D eigenvalue weighted by molar-refractivity contribution is 0.0690. The molecule has 0 aliphatic rings. The van der Waals surface area contributed by atoms with E-state index in [2.05, 4.69) is 49.4 Å². The number of H-pyrrole nitrogens is 1. The fraction of sp³-hybridized carbons (Fsp3) is 0.250. The molecule has 0 aliphatic carbocycles. The summed E-state index contributed by atoms with van der Waals surface area (Å²) in [7, 11) is 0. The molecule has 24 heavy (non-hydrogen) atoms. The molecule has 2 aromatic carbocycles. The molecule has 0 aliphatic heterocycles. The molecular weight excluding hydrogens is 316 g/mol. The standard InChI is InChI=1S/C20H22N2OS/c1-14(2)22(13-15-5-4-6-18(11-15)24-3)20(23)17-7-8-19-16(12-17)9-10-21-19/h4-12,14,21H,13H2,1-3H3.